The maximum atomic E-state index is 12.1. The SMILES string of the molecule is Cc1c(C(=O)NCC(C)C2CC2)cnn1CCCN. The molecule has 1 saturated carbocycles. The second-order valence-electron chi connectivity index (χ2n) is 5.53. The summed E-state index contributed by atoms with van der Waals surface area (Å²) in [4.78, 5) is 12.1. The molecule has 0 radical (unpaired) electrons. The number of aryl methyl sites for hydroxylation is 1. The molecule has 0 aliphatic heterocycles. The van der Waals surface area contributed by atoms with E-state index in [-0.39, 0.29) is 5.91 Å². The second-order valence-corrected chi connectivity index (χ2v) is 5.53. The number of rotatable bonds is 7. The highest BCUT2D eigenvalue weighted by molar-refractivity contribution is 5.95. The van der Waals surface area contributed by atoms with Crippen molar-refractivity contribution in [3.8, 4) is 0 Å². The molecule has 1 heterocycles. The van der Waals surface area contributed by atoms with Crippen molar-refractivity contribution >= 4 is 5.91 Å². The molecule has 0 spiro atoms. The minimum absolute atomic E-state index is 0.0102. The highest BCUT2D eigenvalue weighted by Gasteiger charge is 2.28. The number of nitrogens with two attached hydrogens (primary N) is 1. The molecule has 1 aliphatic carbocycles. The molecule has 106 valence electrons. The van der Waals surface area contributed by atoms with E-state index < -0.39 is 0 Å². The van der Waals surface area contributed by atoms with Gasteiger partial charge in [0.25, 0.3) is 5.91 Å². The Morgan fingerprint density at radius 2 is 2.37 bits per heavy atom. The topological polar surface area (TPSA) is 72.9 Å². The van der Waals surface area contributed by atoms with E-state index in [1.165, 1.54) is 12.8 Å². The normalized spacial score (nSPS) is 16.4. The summed E-state index contributed by atoms with van der Waals surface area (Å²) in [7, 11) is 0. The van der Waals surface area contributed by atoms with Gasteiger partial charge in [-0.1, -0.05) is 6.92 Å². The summed E-state index contributed by atoms with van der Waals surface area (Å²) >= 11 is 0. The molecule has 0 bridgehead atoms. The Bertz CT molecular complexity index is 437. The third kappa shape index (κ3) is 3.56. The van der Waals surface area contributed by atoms with E-state index in [0.717, 1.165) is 31.1 Å². The van der Waals surface area contributed by atoms with Crippen molar-refractivity contribution in [2.24, 2.45) is 17.6 Å². The van der Waals surface area contributed by atoms with Crippen molar-refractivity contribution in [2.75, 3.05) is 13.1 Å². The van der Waals surface area contributed by atoms with Gasteiger partial charge in [0.05, 0.1) is 11.8 Å². The van der Waals surface area contributed by atoms with E-state index in [4.69, 9.17) is 5.73 Å². The van der Waals surface area contributed by atoms with Gasteiger partial charge in [0.15, 0.2) is 0 Å². The molecular formula is C14H24N4O. The average molecular weight is 264 g/mol. The predicted octanol–water partition coefficient (Wildman–Crippen LogP) is 1.32. The van der Waals surface area contributed by atoms with E-state index in [9.17, 15) is 4.79 Å². The lowest BCUT2D eigenvalue weighted by molar-refractivity contribution is 0.0946. The van der Waals surface area contributed by atoms with Crippen LogP contribution in [0.1, 0.15) is 42.2 Å². The van der Waals surface area contributed by atoms with Gasteiger partial charge in [-0.2, -0.15) is 5.10 Å². The van der Waals surface area contributed by atoms with Gasteiger partial charge in [-0.25, -0.2) is 0 Å². The molecule has 1 amide bonds. The van der Waals surface area contributed by atoms with E-state index >= 15 is 0 Å². The van der Waals surface area contributed by atoms with Crippen LogP contribution in [-0.4, -0.2) is 28.8 Å². The first-order valence-corrected chi connectivity index (χ1v) is 7.14. The first kappa shape index (κ1) is 14.1. The van der Waals surface area contributed by atoms with Gasteiger partial charge in [-0.3, -0.25) is 9.48 Å². The van der Waals surface area contributed by atoms with Crippen LogP contribution >= 0.6 is 0 Å². The quantitative estimate of drug-likeness (QED) is 0.780. The zero-order chi connectivity index (χ0) is 13.8. The monoisotopic (exact) mass is 264 g/mol. The van der Waals surface area contributed by atoms with Crippen molar-refractivity contribution in [3.05, 3.63) is 17.5 Å². The van der Waals surface area contributed by atoms with Crippen LogP contribution in [0.2, 0.25) is 0 Å². The number of hydrogen-bond acceptors (Lipinski definition) is 3. The Balaban J connectivity index is 1.89. The minimum atomic E-state index is -0.0102. The summed E-state index contributed by atoms with van der Waals surface area (Å²) in [5.41, 5.74) is 7.09. The molecule has 0 aromatic carbocycles. The number of carbonyl (C=O) groups excluding carboxylic acids is 1. The molecule has 1 aromatic rings. The van der Waals surface area contributed by atoms with Crippen LogP contribution in [0.3, 0.4) is 0 Å². The highest BCUT2D eigenvalue weighted by Crippen LogP contribution is 2.36. The Kier molecular flexibility index (Phi) is 4.58. The molecule has 1 atom stereocenters. The van der Waals surface area contributed by atoms with Gasteiger partial charge in [0.2, 0.25) is 0 Å². The van der Waals surface area contributed by atoms with Crippen LogP contribution < -0.4 is 11.1 Å². The minimum Gasteiger partial charge on any atom is -0.352 e. The first-order valence-electron chi connectivity index (χ1n) is 7.14. The number of nitrogens with one attached hydrogen (secondary N) is 1. The van der Waals surface area contributed by atoms with Gasteiger partial charge >= 0.3 is 0 Å². The van der Waals surface area contributed by atoms with E-state index in [2.05, 4.69) is 17.3 Å². The summed E-state index contributed by atoms with van der Waals surface area (Å²) in [6.45, 7) is 6.31. The number of amides is 1. The van der Waals surface area contributed by atoms with Crippen molar-refractivity contribution < 1.29 is 4.79 Å². The third-order valence-corrected chi connectivity index (χ3v) is 3.93. The molecule has 5 nitrogen and oxygen atoms in total. The lowest BCUT2D eigenvalue weighted by Gasteiger charge is -2.11. The Hall–Kier alpha value is -1.36. The molecular weight excluding hydrogens is 240 g/mol. The number of carbonyl (C=O) groups is 1. The molecule has 1 fully saturated rings. The molecule has 19 heavy (non-hydrogen) atoms. The lowest BCUT2D eigenvalue weighted by atomic mass is 10.1. The smallest absolute Gasteiger partial charge is 0.254 e. The van der Waals surface area contributed by atoms with Crippen LogP contribution in [0.5, 0.6) is 0 Å². The summed E-state index contributed by atoms with van der Waals surface area (Å²) in [5, 5.41) is 7.26. The van der Waals surface area contributed by atoms with E-state index in [1.54, 1.807) is 6.20 Å². The van der Waals surface area contributed by atoms with Gasteiger partial charge in [-0.05, 0) is 44.6 Å². The molecule has 0 saturated heterocycles. The third-order valence-electron chi connectivity index (χ3n) is 3.93. The maximum Gasteiger partial charge on any atom is 0.254 e. The second kappa shape index (κ2) is 6.19. The first-order chi connectivity index (χ1) is 9.13. The van der Waals surface area contributed by atoms with Crippen LogP contribution in [-0.2, 0) is 6.54 Å². The summed E-state index contributed by atoms with van der Waals surface area (Å²) in [6, 6.07) is 0. The van der Waals surface area contributed by atoms with Crippen molar-refractivity contribution in [2.45, 2.75) is 39.7 Å². The Labute approximate surface area is 114 Å². The van der Waals surface area contributed by atoms with Gasteiger partial charge in [0.1, 0.15) is 0 Å². The highest BCUT2D eigenvalue weighted by atomic mass is 16.1. The standard InChI is InChI=1S/C14H24N4O/c1-10(12-4-5-12)8-16-14(19)13-9-17-18(11(13)2)7-3-6-15/h9-10,12H,3-8,15H2,1-2H3,(H,16,19). The summed E-state index contributed by atoms with van der Waals surface area (Å²) in [5.74, 6) is 1.38. The average Bonchev–Trinajstić information content (AvgIpc) is 3.18. The van der Waals surface area contributed by atoms with Crippen LogP contribution in [0.15, 0.2) is 6.20 Å². The predicted molar refractivity (Wildman–Crippen MR) is 74.9 cm³/mol. The van der Waals surface area contributed by atoms with Gasteiger partial charge in [0, 0.05) is 18.8 Å². The zero-order valence-electron chi connectivity index (χ0n) is 11.9. The van der Waals surface area contributed by atoms with E-state index in [1.807, 2.05) is 11.6 Å². The Morgan fingerprint density at radius 1 is 1.63 bits per heavy atom. The summed E-state index contributed by atoms with van der Waals surface area (Å²) < 4.78 is 1.85. The fourth-order valence-electron chi connectivity index (χ4n) is 2.32. The molecule has 1 aliphatic rings. The Morgan fingerprint density at radius 3 is 3.00 bits per heavy atom. The fourth-order valence-corrected chi connectivity index (χ4v) is 2.32. The molecule has 3 N–H and O–H groups in total. The van der Waals surface area contributed by atoms with E-state index in [0.29, 0.717) is 18.0 Å². The van der Waals surface area contributed by atoms with Crippen molar-refractivity contribution in [1.29, 1.82) is 0 Å². The fraction of sp³-hybridized carbons (Fsp3) is 0.714. The van der Waals surface area contributed by atoms with Crippen LogP contribution in [0.25, 0.3) is 0 Å². The largest absolute Gasteiger partial charge is 0.352 e. The van der Waals surface area contributed by atoms with Gasteiger partial charge < -0.3 is 11.1 Å². The zero-order valence-corrected chi connectivity index (χ0v) is 11.9. The lowest BCUT2D eigenvalue weighted by Crippen LogP contribution is -2.29. The number of aromatic nitrogens is 2. The molecule has 5 heteroatoms. The molecule has 2 rings (SSSR count). The van der Waals surface area contributed by atoms with Crippen LogP contribution in [0.4, 0.5) is 0 Å². The van der Waals surface area contributed by atoms with Crippen molar-refractivity contribution in [1.82, 2.24) is 15.1 Å². The summed E-state index contributed by atoms with van der Waals surface area (Å²) in [6.07, 6.45) is 5.16. The molecule has 1 aromatic heterocycles. The molecule has 1 unspecified atom stereocenters. The maximum absolute atomic E-state index is 12.1. The number of hydrogen-bond donors (Lipinski definition) is 2. The van der Waals surface area contributed by atoms with Crippen molar-refractivity contribution in [3.63, 3.8) is 0 Å². The number of nitrogens with zero attached hydrogens (tertiary/aromatic N) is 2. The van der Waals surface area contributed by atoms with Crippen LogP contribution in [0, 0.1) is 18.8 Å². The van der Waals surface area contributed by atoms with Gasteiger partial charge in [-0.15, -0.1) is 0 Å².